The number of aryl methyl sites for hydroxylation is 1. The number of carbonyl (C=O) groups is 3. The van der Waals surface area contributed by atoms with Gasteiger partial charge in [-0.2, -0.15) is 0 Å². The lowest BCUT2D eigenvalue weighted by Gasteiger charge is -2.21. The maximum atomic E-state index is 12.5. The van der Waals surface area contributed by atoms with E-state index in [1.165, 1.54) is 0 Å². The van der Waals surface area contributed by atoms with Gasteiger partial charge in [-0.3, -0.25) is 9.59 Å². The topological polar surface area (TPSA) is 90.9 Å². The summed E-state index contributed by atoms with van der Waals surface area (Å²) in [5.41, 5.74) is 1.65. The first-order chi connectivity index (χ1) is 13.9. The predicted octanol–water partition coefficient (Wildman–Crippen LogP) is 2.90. The Hall–Kier alpha value is -3.35. The van der Waals surface area contributed by atoms with Crippen LogP contribution in [0.25, 0.3) is 0 Å². The number of esters is 1. The molecule has 1 N–H and O–H groups in total. The Morgan fingerprint density at radius 2 is 1.79 bits per heavy atom. The van der Waals surface area contributed by atoms with E-state index in [9.17, 15) is 14.4 Å². The number of carbonyl (C=O) groups excluding carboxylic acids is 3. The largest absolute Gasteiger partial charge is 0.456 e. The molecule has 0 unspecified atom stereocenters. The molecule has 0 saturated heterocycles. The number of nitrogens with one attached hydrogen (secondary N) is 1. The molecule has 0 saturated carbocycles. The van der Waals surface area contributed by atoms with Crippen molar-refractivity contribution in [3.8, 4) is 11.5 Å². The van der Waals surface area contributed by atoms with Crippen LogP contribution < -0.4 is 14.8 Å². The van der Waals surface area contributed by atoms with Crippen molar-refractivity contribution in [2.24, 2.45) is 5.92 Å². The lowest BCUT2D eigenvalue weighted by atomic mass is 10.0. The highest BCUT2D eigenvalue weighted by atomic mass is 16.7. The zero-order valence-corrected chi connectivity index (χ0v) is 16.6. The van der Waals surface area contributed by atoms with Crippen LogP contribution in [0, 0.1) is 12.8 Å². The van der Waals surface area contributed by atoms with Crippen molar-refractivity contribution >= 4 is 17.7 Å². The van der Waals surface area contributed by atoms with E-state index in [1.54, 1.807) is 44.2 Å². The zero-order valence-electron chi connectivity index (χ0n) is 16.6. The summed E-state index contributed by atoms with van der Waals surface area (Å²) < 4.78 is 15.7. The number of rotatable bonds is 7. The van der Waals surface area contributed by atoms with Crippen molar-refractivity contribution in [2.75, 3.05) is 13.4 Å². The highest BCUT2D eigenvalue weighted by Crippen LogP contribution is 2.32. The monoisotopic (exact) mass is 397 g/mol. The minimum atomic E-state index is -0.869. The minimum absolute atomic E-state index is 0.110. The van der Waals surface area contributed by atoms with E-state index in [2.05, 4.69) is 5.32 Å². The van der Waals surface area contributed by atoms with Gasteiger partial charge in [-0.1, -0.05) is 32.0 Å². The van der Waals surface area contributed by atoms with E-state index in [0.717, 1.165) is 5.56 Å². The van der Waals surface area contributed by atoms with Gasteiger partial charge in [0, 0.05) is 11.1 Å². The lowest BCUT2D eigenvalue weighted by Crippen LogP contribution is -2.45. The maximum absolute atomic E-state index is 12.5. The van der Waals surface area contributed by atoms with Gasteiger partial charge >= 0.3 is 5.97 Å². The van der Waals surface area contributed by atoms with Crippen LogP contribution in [-0.2, 0) is 9.53 Å². The molecule has 7 heteroatoms. The fourth-order valence-electron chi connectivity index (χ4n) is 2.92. The Labute approximate surface area is 169 Å². The Balaban J connectivity index is 1.61. The molecule has 0 fully saturated rings. The van der Waals surface area contributed by atoms with Gasteiger partial charge in [-0.25, -0.2) is 4.79 Å². The molecule has 29 heavy (non-hydrogen) atoms. The Bertz CT molecular complexity index is 937. The molecule has 1 aliphatic rings. The number of hydrogen-bond donors (Lipinski definition) is 1. The first-order valence-electron chi connectivity index (χ1n) is 9.33. The molecule has 0 radical (unpaired) electrons. The second kappa shape index (κ2) is 8.77. The molecule has 1 heterocycles. The molecule has 0 aliphatic carbocycles. The average Bonchev–Trinajstić information content (AvgIpc) is 3.17. The van der Waals surface area contributed by atoms with E-state index in [4.69, 9.17) is 14.2 Å². The van der Waals surface area contributed by atoms with Gasteiger partial charge in [-0.15, -0.1) is 0 Å². The standard InChI is InChI=1S/C22H23NO6/c1-13(2)20(23-21(25)16-7-5-4-6-14(16)3)22(26)27-11-17(24)15-8-9-18-19(10-15)29-12-28-18/h4-10,13,20H,11-12H2,1-3H3,(H,23,25)/t20-/m0/s1. The van der Waals surface area contributed by atoms with Crippen LogP contribution >= 0.6 is 0 Å². The molecule has 2 aromatic carbocycles. The van der Waals surface area contributed by atoms with Crippen LogP contribution in [0.4, 0.5) is 0 Å². The molecule has 7 nitrogen and oxygen atoms in total. The third kappa shape index (κ3) is 4.74. The summed E-state index contributed by atoms with van der Waals surface area (Å²) in [6.45, 7) is 5.09. The van der Waals surface area contributed by atoms with Gasteiger partial charge in [-0.05, 0) is 42.7 Å². The first kappa shape index (κ1) is 20.4. The molecule has 1 amide bonds. The Morgan fingerprint density at radius 3 is 2.52 bits per heavy atom. The summed E-state index contributed by atoms with van der Waals surface area (Å²) >= 11 is 0. The van der Waals surface area contributed by atoms with Crippen molar-refractivity contribution in [2.45, 2.75) is 26.8 Å². The van der Waals surface area contributed by atoms with Gasteiger partial charge < -0.3 is 19.5 Å². The van der Waals surface area contributed by atoms with E-state index >= 15 is 0 Å². The summed E-state index contributed by atoms with van der Waals surface area (Å²) in [5.74, 6) is -0.553. The van der Waals surface area contributed by atoms with Crippen LogP contribution in [0.1, 0.15) is 40.1 Å². The molecular formula is C22H23NO6. The number of ketones is 1. The van der Waals surface area contributed by atoms with E-state index in [-0.39, 0.29) is 24.4 Å². The SMILES string of the molecule is Cc1ccccc1C(=O)N[C@H](C(=O)OCC(=O)c1ccc2c(c1)OCO2)C(C)C. The van der Waals surface area contributed by atoms with E-state index < -0.39 is 18.6 Å². The van der Waals surface area contributed by atoms with Crippen molar-refractivity contribution < 1.29 is 28.6 Å². The van der Waals surface area contributed by atoms with Gasteiger partial charge in [0.1, 0.15) is 6.04 Å². The normalized spacial score (nSPS) is 13.1. The fraction of sp³-hybridized carbons (Fsp3) is 0.318. The zero-order chi connectivity index (χ0) is 21.0. The number of benzene rings is 2. The number of hydrogen-bond acceptors (Lipinski definition) is 6. The second-order valence-electron chi connectivity index (χ2n) is 7.11. The van der Waals surface area contributed by atoms with Gasteiger partial charge in [0.05, 0.1) is 0 Å². The summed E-state index contributed by atoms with van der Waals surface area (Å²) in [6, 6.07) is 11.0. The van der Waals surface area contributed by atoms with Crippen molar-refractivity contribution in [3.63, 3.8) is 0 Å². The number of Topliss-reactive ketones (excluding diaryl/α,β-unsaturated/α-hetero) is 1. The molecular weight excluding hydrogens is 374 g/mol. The fourth-order valence-corrected chi connectivity index (χ4v) is 2.92. The quantitative estimate of drug-likeness (QED) is 0.571. The molecule has 0 aromatic heterocycles. The Kier molecular flexibility index (Phi) is 6.16. The number of ether oxygens (including phenoxy) is 3. The highest BCUT2D eigenvalue weighted by molar-refractivity contribution is 6.00. The van der Waals surface area contributed by atoms with Gasteiger partial charge in [0.25, 0.3) is 5.91 Å². The molecule has 152 valence electrons. The summed E-state index contributed by atoms with van der Waals surface area (Å²) in [6.07, 6.45) is 0. The Morgan fingerprint density at radius 1 is 1.07 bits per heavy atom. The van der Waals surface area contributed by atoms with Crippen molar-refractivity contribution in [3.05, 3.63) is 59.2 Å². The van der Waals surface area contributed by atoms with Crippen LogP contribution in [0.2, 0.25) is 0 Å². The average molecular weight is 397 g/mol. The molecule has 3 rings (SSSR count). The molecule has 0 spiro atoms. The summed E-state index contributed by atoms with van der Waals surface area (Å²) in [7, 11) is 0. The maximum Gasteiger partial charge on any atom is 0.329 e. The minimum Gasteiger partial charge on any atom is -0.456 e. The first-order valence-corrected chi connectivity index (χ1v) is 9.33. The summed E-state index contributed by atoms with van der Waals surface area (Å²) in [5, 5.41) is 2.71. The second-order valence-corrected chi connectivity index (χ2v) is 7.11. The van der Waals surface area contributed by atoms with Gasteiger partial charge in [0.2, 0.25) is 6.79 Å². The summed E-state index contributed by atoms with van der Waals surface area (Å²) in [4.78, 5) is 37.4. The van der Waals surface area contributed by atoms with Crippen LogP contribution in [-0.4, -0.2) is 37.1 Å². The lowest BCUT2D eigenvalue weighted by molar-refractivity contribution is -0.145. The number of amides is 1. The van der Waals surface area contributed by atoms with Crippen LogP contribution in [0.5, 0.6) is 11.5 Å². The molecule has 1 atom stereocenters. The molecule has 0 bridgehead atoms. The predicted molar refractivity (Wildman–Crippen MR) is 105 cm³/mol. The van der Waals surface area contributed by atoms with Crippen molar-refractivity contribution in [1.29, 1.82) is 0 Å². The van der Waals surface area contributed by atoms with E-state index in [0.29, 0.717) is 22.6 Å². The number of fused-ring (bicyclic) bond motifs is 1. The van der Waals surface area contributed by atoms with Crippen molar-refractivity contribution in [1.82, 2.24) is 5.32 Å². The van der Waals surface area contributed by atoms with Gasteiger partial charge in [0.15, 0.2) is 23.9 Å². The van der Waals surface area contributed by atoms with E-state index in [1.807, 2.05) is 19.1 Å². The van der Waals surface area contributed by atoms with Crippen LogP contribution in [0.15, 0.2) is 42.5 Å². The highest BCUT2D eigenvalue weighted by Gasteiger charge is 2.27. The van der Waals surface area contributed by atoms with Crippen LogP contribution in [0.3, 0.4) is 0 Å². The third-order valence-corrected chi connectivity index (χ3v) is 4.64. The smallest absolute Gasteiger partial charge is 0.329 e. The third-order valence-electron chi connectivity index (χ3n) is 4.64. The molecule has 1 aliphatic heterocycles. The molecule has 2 aromatic rings.